The van der Waals surface area contributed by atoms with E-state index in [1.165, 1.54) is 25.7 Å². The van der Waals surface area contributed by atoms with Gasteiger partial charge in [-0.15, -0.1) is 0 Å². The summed E-state index contributed by atoms with van der Waals surface area (Å²) in [5, 5.41) is 1.73. The largest absolute Gasteiger partial charge is 0.413 e. The number of rotatable bonds is 11. The van der Waals surface area contributed by atoms with E-state index < -0.39 is 24.0 Å². The lowest BCUT2D eigenvalue weighted by Gasteiger charge is -2.41. The van der Waals surface area contributed by atoms with Crippen molar-refractivity contribution in [3.05, 3.63) is 85.0 Å². The molecule has 0 aromatic heterocycles. The first kappa shape index (κ1) is 37.7. The third-order valence-corrected chi connectivity index (χ3v) is 24.1. The van der Waals surface area contributed by atoms with Crippen LogP contribution in [0.5, 0.6) is 0 Å². The Balaban J connectivity index is 1.50. The average Bonchev–Trinajstić information content (AvgIpc) is 3.73. The second kappa shape index (κ2) is 14.2. The predicted molar refractivity (Wildman–Crippen MR) is 209 cm³/mol. The molecule has 48 heavy (non-hydrogen) atoms. The van der Waals surface area contributed by atoms with Gasteiger partial charge in [-0.3, -0.25) is 4.57 Å². The molecule has 6 atom stereocenters. The molecule has 1 unspecified atom stereocenters. The highest BCUT2D eigenvalue weighted by atomic mass is 31.2. The molecule has 2 aromatic rings. The minimum absolute atomic E-state index is 0.0845. The van der Waals surface area contributed by atoms with Gasteiger partial charge in [0.2, 0.25) is 0 Å². The van der Waals surface area contributed by atoms with E-state index in [0.717, 1.165) is 29.0 Å². The highest BCUT2D eigenvalue weighted by Gasteiger charge is 2.55. The molecule has 5 rings (SSSR count). The van der Waals surface area contributed by atoms with Crippen LogP contribution in [0.1, 0.15) is 80.1 Å². The van der Waals surface area contributed by atoms with Crippen molar-refractivity contribution < 1.29 is 17.9 Å². The molecule has 3 fully saturated rings. The van der Waals surface area contributed by atoms with Gasteiger partial charge < -0.3 is 13.4 Å². The molecule has 3 aliphatic rings. The minimum Gasteiger partial charge on any atom is -0.413 e. The summed E-state index contributed by atoms with van der Waals surface area (Å²) < 4.78 is 36.6. The molecule has 3 aliphatic carbocycles. The van der Waals surface area contributed by atoms with Crippen molar-refractivity contribution >= 4 is 34.6 Å². The molecule has 0 heterocycles. The third-order valence-electron chi connectivity index (χ3n) is 12.6. The van der Waals surface area contributed by atoms with Gasteiger partial charge in [0, 0.05) is 16.5 Å². The minimum atomic E-state index is -3.38. The topological polar surface area (TPSA) is 44.8 Å². The van der Waals surface area contributed by atoms with Crippen molar-refractivity contribution in [2.75, 3.05) is 0 Å². The Morgan fingerprint density at radius 2 is 1.33 bits per heavy atom. The van der Waals surface area contributed by atoms with Crippen LogP contribution in [0.3, 0.4) is 0 Å². The molecule has 4 nitrogen and oxygen atoms in total. The van der Waals surface area contributed by atoms with Crippen LogP contribution >= 0.6 is 7.37 Å². The Morgan fingerprint density at radius 3 is 1.83 bits per heavy atom. The summed E-state index contributed by atoms with van der Waals surface area (Å²) in [4.78, 5) is 0. The monoisotopic (exact) mass is 706 g/mol. The molecule has 2 aromatic carbocycles. The number of hydrogen-bond acceptors (Lipinski definition) is 4. The molecule has 0 aliphatic heterocycles. The van der Waals surface area contributed by atoms with E-state index in [2.05, 4.69) is 86.5 Å². The van der Waals surface area contributed by atoms with Crippen molar-refractivity contribution in [3.63, 3.8) is 0 Å². The first-order valence-corrected chi connectivity index (χ1v) is 25.9. The van der Waals surface area contributed by atoms with E-state index in [4.69, 9.17) is 13.4 Å². The summed E-state index contributed by atoms with van der Waals surface area (Å²) in [6.45, 7) is 28.1. The van der Waals surface area contributed by atoms with Crippen LogP contribution < -0.4 is 10.6 Å². The summed E-state index contributed by atoms with van der Waals surface area (Å²) in [5.41, 5.74) is 1.06. The van der Waals surface area contributed by atoms with E-state index in [9.17, 15) is 0 Å². The fourth-order valence-electron chi connectivity index (χ4n) is 7.63. The average molecular weight is 707 g/mol. The fourth-order valence-corrected chi connectivity index (χ4v) is 12.6. The third kappa shape index (κ3) is 7.85. The molecular weight excluding hydrogens is 644 g/mol. The van der Waals surface area contributed by atoms with Gasteiger partial charge in [-0.05, 0) is 110 Å². The SMILES string of the molecule is C=C1C[C@@H]2[C@H](/C=C/[C@@H](O[Si](C)(C)C(C)(C)C)C3CCCC3)[C@H](O[Si](C)(C)C(C)(C)C)C[C@@H]2C1OP(=O)(c1ccccc1)c1ccccc1. The number of hydrogen-bond donors (Lipinski definition) is 0. The maximum Gasteiger partial charge on any atom is 0.261 e. The summed E-state index contributed by atoms with van der Waals surface area (Å²) in [5.74, 6) is 1.32. The van der Waals surface area contributed by atoms with E-state index in [0.29, 0.717) is 11.8 Å². The summed E-state index contributed by atoms with van der Waals surface area (Å²) >= 11 is 0. The van der Waals surface area contributed by atoms with Crippen LogP contribution in [0.25, 0.3) is 0 Å². The second-order valence-corrected chi connectivity index (χ2v) is 29.8. The quantitative estimate of drug-likeness (QED) is 0.133. The fraction of sp³-hybridized carbons (Fsp3) is 0.610. The van der Waals surface area contributed by atoms with Gasteiger partial charge in [-0.25, -0.2) is 0 Å². The smallest absolute Gasteiger partial charge is 0.261 e. The van der Waals surface area contributed by atoms with Gasteiger partial charge in [0.05, 0.1) is 18.3 Å². The van der Waals surface area contributed by atoms with Crippen molar-refractivity contribution in [1.29, 1.82) is 0 Å². The molecule has 0 spiro atoms. The zero-order valence-corrected chi connectivity index (χ0v) is 34.4. The summed E-state index contributed by atoms with van der Waals surface area (Å²) in [6, 6.07) is 19.5. The van der Waals surface area contributed by atoms with Crippen LogP contribution in [0.4, 0.5) is 0 Å². The maximum absolute atomic E-state index is 15.1. The van der Waals surface area contributed by atoms with Gasteiger partial charge in [-0.1, -0.05) is 110 Å². The van der Waals surface area contributed by atoms with Crippen molar-refractivity contribution in [2.24, 2.45) is 23.7 Å². The Kier molecular flexibility index (Phi) is 11.2. The van der Waals surface area contributed by atoms with Crippen molar-refractivity contribution in [3.8, 4) is 0 Å². The van der Waals surface area contributed by atoms with Crippen LogP contribution in [-0.2, 0) is 17.9 Å². The van der Waals surface area contributed by atoms with Gasteiger partial charge in [-0.2, -0.15) is 0 Å². The second-order valence-electron chi connectivity index (χ2n) is 17.9. The highest BCUT2D eigenvalue weighted by Crippen LogP contribution is 2.58. The molecule has 0 amide bonds. The van der Waals surface area contributed by atoms with Crippen molar-refractivity contribution in [2.45, 2.75) is 135 Å². The van der Waals surface area contributed by atoms with E-state index >= 15 is 4.57 Å². The molecule has 0 radical (unpaired) electrons. The molecule has 0 bridgehead atoms. The first-order valence-electron chi connectivity index (χ1n) is 18.5. The van der Waals surface area contributed by atoms with Gasteiger partial charge >= 0.3 is 0 Å². The Bertz CT molecular complexity index is 1420. The Morgan fingerprint density at radius 1 is 0.812 bits per heavy atom. The number of fused-ring (bicyclic) bond motifs is 1. The number of benzene rings is 2. The molecule has 264 valence electrons. The van der Waals surface area contributed by atoms with Gasteiger partial charge in [0.1, 0.15) is 0 Å². The Labute approximate surface area is 294 Å². The summed E-state index contributed by atoms with van der Waals surface area (Å²) in [6.07, 6.45) is 11.7. The normalized spacial score (nSPS) is 26.8. The van der Waals surface area contributed by atoms with Crippen molar-refractivity contribution in [1.82, 2.24) is 0 Å². The van der Waals surface area contributed by atoms with E-state index in [-0.39, 0.29) is 40.2 Å². The lowest BCUT2D eigenvalue weighted by atomic mass is 9.89. The summed E-state index contributed by atoms with van der Waals surface area (Å²) in [7, 11) is -7.42. The lowest BCUT2D eigenvalue weighted by Crippen LogP contribution is -2.45. The van der Waals surface area contributed by atoms with Crippen LogP contribution in [0.2, 0.25) is 36.3 Å². The highest BCUT2D eigenvalue weighted by molar-refractivity contribution is 7.74. The zero-order chi connectivity index (χ0) is 35.1. The van der Waals surface area contributed by atoms with Crippen LogP contribution in [0.15, 0.2) is 85.0 Å². The van der Waals surface area contributed by atoms with Gasteiger partial charge in [0.25, 0.3) is 7.37 Å². The molecule has 0 saturated heterocycles. The lowest BCUT2D eigenvalue weighted by molar-refractivity contribution is 0.137. The standard InChI is InChI=1S/C41H63O4PSi2/c1-30-28-35-34(26-27-37(31-20-18-19-21-31)44-47(8,9)40(2,3)4)38(45-48(10,11)41(5,6)7)29-36(35)39(30)43-46(42,32-22-14-12-15-23-32)33-24-16-13-17-25-33/h12-17,22-27,31,34-39H,1,18-21,28-29H2,2-11H3/b27-26+/t34-,35+,36-,37+,38+,39?/m0/s1. The molecule has 7 heteroatoms. The van der Waals surface area contributed by atoms with Gasteiger partial charge in [0.15, 0.2) is 16.6 Å². The predicted octanol–water partition coefficient (Wildman–Crippen LogP) is 11.0. The zero-order valence-electron chi connectivity index (χ0n) is 31.5. The molecular formula is C41H63O4PSi2. The molecule has 3 saturated carbocycles. The van der Waals surface area contributed by atoms with Crippen LogP contribution in [-0.4, -0.2) is 34.9 Å². The Hall–Kier alpha value is -1.54. The molecule has 0 N–H and O–H groups in total. The first-order chi connectivity index (χ1) is 22.3. The van der Waals surface area contributed by atoms with E-state index in [1.807, 2.05) is 60.7 Å². The van der Waals surface area contributed by atoms with Crippen LogP contribution in [0, 0.1) is 23.7 Å². The van der Waals surface area contributed by atoms with E-state index in [1.54, 1.807) is 0 Å². The maximum atomic E-state index is 15.1.